The lowest BCUT2D eigenvalue weighted by molar-refractivity contribution is -0.387. The molecular weight excluding hydrogens is 711 g/mol. The van der Waals surface area contributed by atoms with Crippen LogP contribution in [0, 0.1) is 56.5 Å². The van der Waals surface area contributed by atoms with Gasteiger partial charge < -0.3 is 19.5 Å². The van der Waals surface area contributed by atoms with Crippen LogP contribution in [0.15, 0.2) is 29.2 Å². The topological polar surface area (TPSA) is 130 Å². The van der Waals surface area contributed by atoms with Crippen molar-refractivity contribution in [1.82, 2.24) is 0 Å². The van der Waals surface area contributed by atoms with E-state index in [-0.39, 0.29) is 74.8 Å². The maximum atomic E-state index is 12.9. The van der Waals surface area contributed by atoms with Gasteiger partial charge in [0.15, 0.2) is 0 Å². The third kappa shape index (κ3) is 6.40. The second kappa shape index (κ2) is 13.9. The van der Waals surface area contributed by atoms with Crippen LogP contribution >= 0.6 is 12.0 Å². The van der Waals surface area contributed by atoms with Crippen molar-refractivity contribution in [3.63, 3.8) is 0 Å². The van der Waals surface area contributed by atoms with Crippen LogP contribution in [0.4, 0.5) is 5.69 Å². The number of benzene rings is 1. The van der Waals surface area contributed by atoms with Crippen molar-refractivity contribution in [3.05, 3.63) is 34.4 Å². The highest BCUT2D eigenvalue weighted by molar-refractivity contribution is 7.95. The minimum Gasteiger partial charge on any atom is -0.393 e. The first kappa shape index (κ1) is 41.1. The molecule has 0 aromatic heterocycles. The van der Waals surface area contributed by atoms with Gasteiger partial charge in [-0.25, -0.2) is 0 Å². The van der Waals surface area contributed by atoms with Crippen LogP contribution < -0.4 is 0 Å². The summed E-state index contributed by atoms with van der Waals surface area (Å²) in [6, 6.07) is 6.26. The summed E-state index contributed by atoms with van der Waals surface area (Å²) in [7, 11) is -5.89. The Morgan fingerprint density at radius 3 is 2.10 bits per heavy atom. The molecule has 0 radical (unpaired) electrons. The van der Waals surface area contributed by atoms with Gasteiger partial charge in [-0.15, -0.1) is 0 Å². The van der Waals surface area contributed by atoms with Gasteiger partial charge in [-0.2, -0.15) is 0 Å². The Balaban J connectivity index is 1.43. The van der Waals surface area contributed by atoms with Gasteiger partial charge >= 0.3 is 5.97 Å². The van der Waals surface area contributed by atoms with Gasteiger partial charge in [0.1, 0.15) is 16.9 Å². The number of hydrogen-bond acceptors (Lipinski definition) is 8. The molecule has 4 saturated carbocycles. The first-order chi connectivity index (χ1) is 23.4. The number of para-hydroxylation sites is 1. The Morgan fingerprint density at radius 1 is 0.941 bits per heavy atom. The van der Waals surface area contributed by atoms with Crippen molar-refractivity contribution in [1.29, 1.82) is 0 Å². The fourth-order valence-electron chi connectivity index (χ4n) is 14.6. The molecule has 0 amide bonds. The molecule has 0 bridgehead atoms. The van der Waals surface area contributed by atoms with Crippen LogP contribution in [-0.4, -0.2) is 68.7 Å². The second-order valence-electron chi connectivity index (χ2n) is 20.6. The number of nitrogens with zero attached hydrogens (tertiary/aromatic N) is 1. The van der Waals surface area contributed by atoms with Gasteiger partial charge in [0, 0.05) is 28.6 Å². The fourth-order valence-corrected chi connectivity index (χ4v) is 38.6. The van der Waals surface area contributed by atoms with E-state index in [1.54, 1.807) is 18.2 Å². The molecule has 1 unspecified atom stereocenters. The van der Waals surface area contributed by atoms with Gasteiger partial charge in [0.2, 0.25) is 0 Å². The molecule has 4 aliphatic carbocycles. The summed E-state index contributed by atoms with van der Waals surface area (Å²) in [6.07, 6.45) is 3.59. The van der Waals surface area contributed by atoms with Crippen molar-refractivity contribution in [3.8, 4) is 0 Å². The maximum absolute atomic E-state index is 12.9. The standard InChI is InChI=1S/C39H67NO7SSi3/c1-24(17-20-34(44)47-48-32-16-14-13-15-29(32)40(45)46)26-18-19-27-35-28(23-33(43)37(26,27)2)38(3)25(21-30(35)41)22-31(42)36(49(4,5)6)39(38,50(7,8)9)51(10,11)12/h13-16,24-28,30-31,33,35-36,41-43H,17-23H2,1-12H3/t24-,25-,26-,27+,28+,30-,31+,33+,35+,36?,37-,38+/m1/s1. The summed E-state index contributed by atoms with van der Waals surface area (Å²) in [4.78, 5) is 24.1. The summed E-state index contributed by atoms with van der Waals surface area (Å²) in [6.45, 7) is 29.9. The lowest BCUT2D eigenvalue weighted by atomic mass is 9.42. The van der Waals surface area contributed by atoms with Gasteiger partial charge in [-0.05, 0) is 101 Å². The van der Waals surface area contributed by atoms with E-state index in [4.69, 9.17) is 4.18 Å². The third-order valence-electron chi connectivity index (χ3n) is 15.4. The monoisotopic (exact) mass is 777 g/mol. The Hall–Kier alpha value is -1.03. The molecule has 0 saturated heterocycles. The van der Waals surface area contributed by atoms with Crippen LogP contribution in [-0.2, 0) is 8.98 Å². The van der Waals surface area contributed by atoms with E-state index in [0.717, 1.165) is 37.7 Å². The van der Waals surface area contributed by atoms with Crippen LogP contribution in [0.2, 0.25) is 69.1 Å². The molecule has 12 heteroatoms. The first-order valence-corrected chi connectivity index (χ1v) is 30.8. The van der Waals surface area contributed by atoms with E-state index in [9.17, 15) is 30.2 Å². The minimum absolute atomic E-state index is 0.0280. The molecule has 8 nitrogen and oxygen atoms in total. The van der Waals surface area contributed by atoms with Crippen LogP contribution in [0.25, 0.3) is 0 Å². The number of aliphatic hydroxyl groups excluding tert-OH is 3. The first-order valence-electron chi connectivity index (χ1n) is 19.5. The van der Waals surface area contributed by atoms with Crippen molar-refractivity contribution >= 4 is 47.9 Å². The Bertz CT molecular complexity index is 1460. The van der Waals surface area contributed by atoms with E-state index in [0.29, 0.717) is 17.7 Å². The molecule has 4 aliphatic rings. The van der Waals surface area contributed by atoms with Crippen molar-refractivity contribution in [2.75, 3.05) is 0 Å². The number of nitro groups is 1. The van der Waals surface area contributed by atoms with E-state index in [2.05, 4.69) is 79.7 Å². The maximum Gasteiger partial charge on any atom is 0.318 e. The SMILES string of the molecule is C[C@H](CCC(=O)OSc1ccccc1[N+](=O)[O-])[C@H]1CC[C@H]2[C@@H]3[C@H](O)C[C@@H]4C[C@H](O)C([Si](C)(C)C)C([Si](C)(C)C)([Si](C)(C)C)[C@]4(C)[C@H]3C[C@H](O)[C@]12C. The number of carbonyl (C=O) groups is 1. The molecule has 5 rings (SSSR count). The second-order valence-corrected chi connectivity index (χ2v) is 37.8. The van der Waals surface area contributed by atoms with E-state index >= 15 is 0 Å². The average molecular weight is 778 g/mol. The predicted molar refractivity (Wildman–Crippen MR) is 215 cm³/mol. The highest BCUT2D eigenvalue weighted by atomic mass is 32.2. The summed E-state index contributed by atoms with van der Waals surface area (Å²) in [5.74, 6) is 0.656. The molecule has 12 atom stereocenters. The smallest absolute Gasteiger partial charge is 0.318 e. The molecule has 51 heavy (non-hydrogen) atoms. The number of nitro benzene ring substituents is 1. The van der Waals surface area contributed by atoms with E-state index in [1.165, 1.54) is 6.07 Å². The van der Waals surface area contributed by atoms with Gasteiger partial charge in [0.05, 0.1) is 31.3 Å². The summed E-state index contributed by atoms with van der Waals surface area (Å²) < 4.78 is 5.46. The largest absolute Gasteiger partial charge is 0.393 e. The lowest BCUT2D eigenvalue weighted by Gasteiger charge is -2.77. The average Bonchev–Trinajstić information content (AvgIpc) is 3.36. The summed E-state index contributed by atoms with van der Waals surface area (Å²) in [5.41, 5.74) is -0.262. The van der Waals surface area contributed by atoms with E-state index < -0.39 is 47.3 Å². The van der Waals surface area contributed by atoms with Crippen LogP contribution in [0.5, 0.6) is 0 Å². The zero-order valence-electron chi connectivity index (χ0n) is 33.4. The Kier molecular flexibility index (Phi) is 11.2. The van der Waals surface area contributed by atoms with Crippen LogP contribution in [0.3, 0.4) is 0 Å². The molecular formula is C39H67NO7SSi3. The molecule has 1 aromatic carbocycles. The molecule has 0 spiro atoms. The van der Waals surface area contributed by atoms with Crippen molar-refractivity contribution < 1.29 is 29.2 Å². The molecule has 288 valence electrons. The van der Waals surface area contributed by atoms with Crippen molar-refractivity contribution in [2.45, 2.75) is 158 Å². The fraction of sp³-hybridized carbons (Fsp3) is 0.821. The highest BCUT2D eigenvalue weighted by Crippen LogP contribution is 2.81. The lowest BCUT2D eigenvalue weighted by Crippen LogP contribution is -2.77. The van der Waals surface area contributed by atoms with E-state index in [1.807, 2.05) is 0 Å². The molecule has 4 fully saturated rings. The quantitative estimate of drug-likeness (QED) is 0.0928. The highest BCUT2D eigenvalue weighted by Gasteiger charge is 2.78. The van der Waals surface area contributed by atoms with Gasteiger partial charge in [-0.1, -0.05) is 91.8 Å². The normalized spacial score (nSPS) is 38.6. The number of aliphatic hydroxyl groups is 3. The molecule has 0 heterocycles. The number of carbonyl (C=O) groups excluding carboxylic acids is 1. The van der Waals surface area contributed by atoms with Gasteiger partial charge in [0.25, 0.3) is 5.69 Å². The third-order valence-corrected chi connectivity index (χ3v) is 30.4. The number of hydrogen-bond donors (Lipinski definition) is 3. The number of fused-ring (bicyclic) bond motifs is 5. The van der Waals surface area contributed by atoms with Gasteiger partial charge in [-0.3, -0.25) is 14.9 Å². The molecule has 3 N–H and O–H groups in total. The van der Waals surface area contributed by atoms with Crippen LogP contribution in [0.1, 0.15) is 65.7 Å². The Morgan fingerprint density at radius 2 is 1.53 bits per heavy atom. The zero-order chi connectivity index (χ0) is 38.3. The van der Waals surface area contributed by atoms with Crippen molar-refractivity contribution in [2.24, 2.45) is 46.3 Å². The molecule has 1 aromatic rings. The summed E-state index contributed by atoms with van der Waals surface area (Å²) >= 11 is 0.745. The number of rotatable bonds is 10. The Labute approximate surface area is 314 Å². The molecule has 0 aliphatic heterocycles. The predicted octanol–water partition coefficient (Wildman–Crippen LogP) is 9.41. The zero-order valence-corrected chi connectivity index (χ0v) is 37.2. The minimum atomic E-state index is -2.01. The summed E-state index contributed by atoms with van der Waals surface area (Å²) in [5, 5.41) is 48.5.